The topological polar surface area (TPSA) is 64.4 Å². The number of benzene rings is 3. The Kier molecular flexibility index (Phi) is 6.50. The van der Waals surface area contributed by atoms with Crippen LogP contribution in [0.2, 0.25) is 0 Å². The number of nitrogens with zero attached hydrogens (tertiary/aromatic N) is 3. The maximum Gasteiger partial charge on any atom is 0.387 e. The molecule has 0 spiro atoms. The highest BCUT2D eigenvalue weighted by Crippen LogP contribution is 2.25. The van der Waals surface area contributed by atoms with Gasteiger partial charge in [0.15, 0.2) is 5.16 Å². The first-order valence-corrected chi connectivity index (χ1v) is 12.0. The van der Waals surface area contributed by atoms with E-state index in [4.69, 9.17) is 0 Å². The highest BCUT2D eigenvalue weighted by atomic mass is 32.2. The molecule has 0 bridgehead atoms. The van der Waals surface area contributed by atoms with E-state index in [1.807, 2.05) is 23.1 Å². The average Bonchev–Trinajstić information content (AvgIpc) is 2.87. The number of thioether (sulfide) groups is 1. The summed E-state index contributed by atoms with van der Waals surface area (Å²) < 4.78 is 30.9. The summed E-state index contributed by atoms with van der Waals surface area (Å²) in [5, 5.41) is 0.769. The van der Waals surface area contributed by atoms with Crippen molar-refractivity contribution >= 4 is 28.6 Å². The van der Waals surface area contributed by atoms with Gasteiger partial charge in [-0.1, -0.05) is 48.2 Å². The van der Waals surface area contributed by atoms with Gasteiger partial charge in [-0.05, 0) is 53.9 Å². The zero-order valence-corrected chi connectivity index (χ0v) is 19.4. The monoisotopic (exact) mass is 493 g/mol. The van der Waals surface area contributed by atoms with Gasteiger partial charge in [0.2, 0.25) is 5.91 Å². The van der Waals surface area contributed by atoms with Crippen LogP contribution in [-0.2, 0) is 17.8 Å². The molecule has 0 fully saturated rings. The van der Waals surface area contributed by atoms with Gasteiger partial charge in [0.05, 0.1) is 22.3 Å². The van der Waals surface area contributed by atoms with E-state index in [0.29, 0.717) is 34.8 Å². The third kappa shape index (κ3) is 4.90. The van der Waals surface area contributed by atoms with E-state index in [9.17, 15) is 18.4 Å². The Morgan fingerprint density at radius 1 is 1.00 bits per heavy atom. The molecule has 1 aliphatic heterocycles. The summed E-state index contributed by atoms with van der Waals surface area (Å²) in [6, 6.07) is 20.8. The van der Waals surface area contributed by atoms with Crippen molar-refractivity contribution in [3.63, 3.8) is 0 Å². The summed E-state index contributed by atoms with van der Waals surface area (Å²) in [6.45, 7) is -1.75. The zero-order chi connectivity index (χ0) is 24.4. The molecule has 2 heterocycles. The molecule has 35 heavy (non-hydrogen) atoms. The third-order valence-electron chi connectivity index (χ3n) is 5.87. The second-order valence-corrected chi connectivity index (χ2v) is 8.99. The molecule has 0 unspecified atom stereocenters. The molecular weight excluding hydrogens is 472 g/mol. The SMILES string of the molecule is O=C(CSc1nc2ccccc2c(=O)n1-c1ccc(OC(F)F)cc1)N1CCc2ccccc2C1. The van der Waals surface area contributed by atoms with E-state index < -0.39 is 6.61 Å². The van der Waals surface area contributed by atoms with Crippen molar-refractivity contribution in [1.29, 1.82) is 0 Å². The molecule has 178 valence electrons. The van der Waals surface area contributed by atoms with Gasteiger partial charge in [-0.25, -0.2) is 4.98 Å². The Hall–Kier alpha value is -3.72. The number of aromatic nitrogens is 2. The number of amides is 1. The fourth-order valence-corrected chi connectivity index (χ4v) is 5.06. The Bertz CT molecular complexity index is 1440. The lowest BCUT2D eigenvalue weighted by atomic mass is 10.00. The molecule has 1 amide bonds. The number of fused-ring (bicyclic) bond motifs is 2. The normalized spacial score (nSPS) is 13.2. The molecule has 0 atom stereocenters. The molecule has 9 heteroatoms. The van der Waals surface area contributed by atoms with E-state index in [2.05, 4.69) is 15.8 Å². The molecule has 4 aromatic rings. The number of carbonyl (C=O) groups is 1. The lowest BCUT2D eigenvalue weighted by Gasteiger charge is -2.28. The molecule has 5 rings (SSSR count). The van der Waals surface area contributed by atoms with Crippen molar-refractivity contribution < 1.29 is 18.3 Å². The lowest BCUT2D eigenvalue weighted by Crippen LogP contribution is -2.37. The van der Waals surface area contributed by atoms with Gasteiger partial charge in [-0.2, -0.15) is 8.78 Å². The molecule has 3 aromatic carbocycles. The molecule has 0 radical (unpaired) electrons. The Balaban J connectivity index is 1.43. The second-order valence-electron chi connectivity index (χ2n) is 8.05. The van der Waals surface area contributed by atoms with Crippen LogP contribution in [0.5, 0.6) is 5.75 Å². The summed E-state index contributed by atoms with van der Waals surface area (Å²) in [7, 11) is 0. The van der Waals surface area contributed by atoms with E-state index in [0.717, 1.165) is 12.0 Å². The fraction of sp³-hybridized carbons (Fsp3) is 0.192. The highest BCUT2D eigenvalue weighted by Gasteiger charge is 2.22. The van der Waals surface area contributed by atoms with E-state index in [-0.39, 0.29) is 23.0 Å². The Morgan fingerprint density at radius 3 is 2.49 bits per heavy atom. The number of halogens is 2. The quantitative estimate of drug-likeness (QED) is 0.289. The number of alkyl halides is 2. The molecule has 0 aliphatic carbocycles. The van der Waals surface area contributed by atoms with Crippen LogP contribution in [0.15, 0.2) is 82.7 Å². The predicted octanol–water partition coefficient (Wildman–Crippen LogP) is 4.66. The largest absolute Gasteiger partial charge is 0.435 e. The number of rotatable bonds is 6. The van der Waals surface area contributed by atoms with Gasteiger partial charge in [0, 0.05) is 13.1 Å². The third-order valence-corrected chi connectivity index (χ3v) is 6.80. The van der Waals surface area contributed by atoms with Crippen molar-refractivity contribution in [3.8, 4) is 11.4 Å². The minimum atomic E-state index is -2.94. The number of carbonyl (C=O) groups excluding carboxylic acids is 1. The minimum Gasteiger partial charge on any atom is -0.435 e. The maximum atomic E-state index is 13.4. The van der Waals surface area contributed by atoms with Crippen LogP contribution in [0.25, 0.3) is 16.6 Å². The van der Waals surface area contributed by atoms with Gasteiger partial charge in [0.25, 0.3) is 5.56 Å². The van der Waals surface area contributed by atoms with E-state index in [1.54, 1.807) is 24.3 Å². The summed E-state index contributed by atoms with van der Waals surface area (Å²) in [5.74, 6) is 0.0546. The zero-order valence-electron chi connectivity index (χ0n) is 18.6. The van der Waals surface area contributed by atoms with Crippen LogP contribution in [-0.4, -0.2) is 39.3 Å². The van der Waals surface area contributed by atoms with Crippen molar-refractivity contribution in [2.45, 2.75) is 24.7 Å². The van der Waals surface area contributed by atoms with Crippen LogP contribution in [0.3, 0.4) is 0 Å². The van der Waals surface area contributed by atoms with Gasteiger partial charge in [0.1, 0.15) is 5.75 Å². The molecule has 1 aromatic heterocycles. The molecule has 0 saturated carbocycles. The Labute approximate surface area is 204 Å². The Morgan fingerprint density at radius 2 is 1.71 bits per heavy atom. The van der Waals surface area contributed by atoms with Crippen molar-refractivity contribution in [2.24, 2.45) is 0 Å². The molecule has 6 nitrogen and oxygen atoms in total. The first-order chi connectivity index (χ1) is 17.0. The smallest absolute Gasteiger partial charge is 0.387 e. The summed E-state index contributed by atoms with van der Waals surface area (Å²) in [4.78, 5) is 32.8. The standard InChI is InChI=1S/C26H21F2N3O3S/c27-25(28)34-20-11-9-19(10-12-20)31-24(33)21-7-3-4-8-22(21)29-26(31)35-16-23(32)30-14-13-17-5-1-2-6-18(17)15-30/h1-12,25H,13-16H2. The number of ether oxygens (including phenoxy) is 1. The maximum absolute atomic E-state index is 13.4. The van der Waals surface area contributed by atoms with Crippen LogP contribution < -0.4 is 10.3 Å². The van der Waals surface area contributed by atoms with Crippen LogP contribution >= 0.6 is 11.8 Å². The van der Waals surface area contributed by atoms with E-state index in [1.165, 1.54) is 46.2 Å². The molecule has 0 N–H and O–H groups in total. The van der Waals surface area contributed by atoms with Crippen molar-refractivity contribution in [1.82, 2.24) is 14.5 Å². The van der Waals surface area contributed by atoms with Crippen molar-refractivity contribution in [2.75, 3.05) is 12.3 Å². The minimum absolute atomic E-state index is 0.0136. The summed E-state index contributed by atoms with van der Waals surface area (Å²) >= 11 is 1.18. The number of hydrogen-bond acceptors (Lipinski definition) is 5. The van der Waals surface area contributed by atoms with Gasteiger partial charge >= 0.3 is 6.61 Å². The summed E-state index contributed by atoms with van der Waals surface area (Å²) in [6.07, 6.45) is 0.804. The second kappa shape index (κ2) is 9.87. The first-order valence-electron chi connectivity index (χ1n) is 11.0. The fourth-order valence-electron chi connectivity index (χ4n) is 4.14. The molecular formula is C26H21F2N3O3S. The predicted molar refractivity (Wildman–Crippen MR) is 130 cm³/mol. The summed E-state index contributed by atoms with van der Waals surface area (Å²) in [5.41, 5.74) is 3.06. The number of hydrogen-bond donors (Lipinski definition) is 0. The van der Waals surface area contributed by atoms with E-state index >= 15 is 0 Å². The molecule has 0 saturated heterocycles. The van der Waals surface area contributed by atoms with Gasteiger partial charge in [-0.15, -0.1) is 0 Å². The van der Waals surface area contributed by atoms with Crippen molar-refractivity contribution in [3.05, 3.63) is 94.3 Å². The first kappa shape index (κ1) is 23.0. The lowest BCUT2D eigenvalue weighted by molar-refractivity contribution is -0.129. The molecule has 1 aliphatic rings. The number of para-hydroxylation sites is 1. The van der Waals surface area contributed by atoms with Gasteiger partial charge in [-0.3, -0.25) is 14.2 Å². The average molecular weight is 494 g/mol. The van der Waals surface area contributed by atoms with Crippen LogP contribution in [0.1, 0.15) is 11.1 Å². The highest BCUT2D eigenvalue weighted by molar-refractivity contribution is 7.99. The van der Waals surface area contributed by atoms with Gasteiger partial charge < -0.3 is 9.64 Å². The van der Waals surface area contributed by atoms with Crippen LogP contribution in [0, 0.1) is 0 Å². The van der Waals surface area contributed by atoms with Crippen LogP contribution in [0.4, 0.5) is 8.78 Å².